The van der Waals surface area contributed by atoms with Crippen molar-refractivity contribution in [3.05, 3.63) is 0 Å². The van der Waals surface area contributed by atoms with Crippen molar-refractivity contribution in [2.75, 3.05) is 25.9 Å². The van der Waals surface area contributed by atoms with Gasteiger partial charge < -0.3 is 31.0 Å². The Kier molecular flexibility index (Phi) is 19.7. The zero-order chi connectivity index (χ0) is 21.8. The van der Waals surface area contributed by atoms with E-state index in [1.807, 2.05) is 0 Å². The van der Waals surface area contributed by atoms with Gasteiger partial charge in [-0.2, -0.15) is 12.6 Å². The van der Waals surface area contributed by atoms with E-state index in [4.69, 9.17) is 10.2 Å². The van der Waals surface area contributed by atoms with E-state index in [2.05, 4.69) is 28.6 Å². The molecule has 0 aliphatic carbocycles. The van der Waals surface area contributed by atoms with E-state index >= 15 is 0 Å². The second-order valence-corrected chi connectivity index (χ2v) is 6.14. The van der Waals surface area contributed by atoms with Gasteiger partial charge in [0, 0.05) is 31.7 Å². The van der Waals surface area contributed by atoms with Gasteiger partial charge in [0.25, 0.3) is 0 Å². The Labute approximate surface area is 170 Å². The molecule has 0 spiro atoms. The highest BCUT2D eigenvalue weighted by Crippen LogP contribution is 2.01. The average molecular weight is 422 g/mol. The normalized spacial score (nSPS) is 10.8. The second-order valence-electron chi connectivity index (χ2n) is 5.69. The van der Waals surface area contributed by atoms with Gasteiger partial charge in [-0.1, -0.05) is 0 Å². The van der Waals surface area contributed by atoms with E-state index in [1.165, 1.54) is 0 Å². The number of rotatable bonds is 15. The number of hydrogen-bond donors (Lipinski definition) is 6. The fourth-order valence-electron chi connectivity index (χ4n) is 1.90. The lowest BCUT2D eigenvalue weighted by Crippen LogP contribution is -2.43. The smallest absolute Gasteiger partial charge is 0.303 e. The molecule has 11 heteroatoms. The zero-order valence-electron chi connectivity index (χ0n) is 16.1. The minimum atomic E-state index is -0.978. The van der Waals surface area contributed by atoms with Crippen molar-refractivity contribution >= 4 is 42.7 Å². The molecular formula is C17H31N3O7S. The number of carboxylic acids is 2. The van der Waals surface area contributed by atoms with Crippen LogP contribution in [0.5, 0.6) is 0 Å². The number of unbranched alkanes of at least 4 members (excludes halogenated alkanes) is 1. The number of aldehydes is 1. The molecule has 0 rings (SSSR count). The van der Waals surface area contributed by atoms with Crippen molar-refractivity contribution in [1.82, 2.24) is 16.0 Å². The maximum absolute atomic E-state index is 11.7. The molecule has 1 atom stereocenters. The van der Waals surface area contributed by atoms with Crippen LogP contribution in [0.4, 0.5) is 0 Å². The quantitative estimate of drug-likeness (QED) is 0.121. The number of aliphatic carboxylic acids is 2. The molecule has 10 nitrogen and oxygen atoms in total. The summed E-state index contributed by atoms with van der Waals surface area (Å²) < 4.78 is 0. The lowest BCUT2D eigenvalue weighted by atomic mass is 10.1. The van der Waals surface area contributed by atoms with E-state index in [-0.39, 0.29) is 43.5 Å². The summed E-state index contributed by atoms with van der Waals surface area (Å²) >= 11 is 4.03. The van der Waals surface area contributed by atoms with Gasteiger partial charge in [0.2, 0.25) is 11.8 Å². The van der Waals surface area contributed by atoms with Crippen LogP contribution in [0, 0.1) is 0 Å². The van der Waals surface area contributed by atoms with Crippen molar-refractivity contribution in [2.24, 2.45) is 0 Å². The topological polar surface area (TPSA) is 162 Å². The summed E-state index contributed by atoms with van der Waals surface area (Å²) in [6.45, 7) is 1.03. The fourth-order valence-corrected chi connectivity index (χ4v) is 2.01. The summed E-state index contributed by atoms with van der Waals surface area (Å²) in [4.78, 5) is 52.3. The molecule has 0 aromatic heterocycles. The summed E-state index contributed by atoms with van der Waals surface area (Å²) in [5, 5.41) is 24.7. The minimum absolute atomic E-state index is 0.000603. The third kappa shape index (κ3) is 20.2. The molecular weight excluding hydrogens is 390 g/mol. The molecule has 0 saturated heterocycles. The number of nitrogens with one attached hydrogen (secondary N) is 3. The molecule has 0 aromatic carbocycles. The lowest BCUT2D eigenvalue weighted by Gasteiger charge is -2.15. The minimum Gasteiger partial charge on any atom is -0.481 e. The Morgan fingerprint density at radius 2 is 1.61 bits per heavy atom. The van der Waals surface area contributed by atoms with E-state index in [1.54, 1.807) is 7.05 Å². The summed E-state index contributed by atoms with van der Waals surface area (Å²) in [5.74, 6) is -1.60. The molecule has 28 heavy (non-hydrogen) atoms. The van der Waals surface area contributed by atoms with Crippen LogP contribution >= 0.6 is 12.6 Å². The second kappa shape index (κ2) is 19.6. The maximum atomic E-state index is 11.7. The van der Waals surface area contributed by atoms with Gasteiger partial charge in [-0.15, -0.1) is 0 Å². The number of carbonyl (C=O) groups is 5. The first-order valence-electron chi connectivity index (χ1n) is 8.98. The number of likely N-dealkylation sites (N-methyl/N-ethyl adjacent to an activating group) is 1. The van der Waals surface area contributed by atoms with Crippen molar-refractivity contribution in [2.45, 2.75) is 51.0 Å². The number of hydrogen-bond acceptors (Lipinski definition) is 7. The van der Waals surface area contributed by atoms with E-state index < -0.39 is 11.9 Å². The Morgan fingerprint density at radius 3 is 2.07 bits per heavy atom. The average Bonchev–Trinajstić information content (AvgIpc) is 2.66. The Balaban J connectivity index is 0. The highest BCUT2D eigenvalue weighted by Gasteiger charge is 2.14. The molecule has 0 bridgehead atoms. The molecule has 1 unspecified atom stereocenters. The number of carbonyl (C=O) groups excluding carboxylic acids is 3. The van der Waals surface area contributed by atoms with Gasteiger partial charge in [-0.05, 0) is 26.3 Å². The highest BCUT2D eigenvalue weighted by molar-refractivity contribution is 7.80. The van der Waals surface area contributed by atoms with Crippen LogP contribution in [-0.2, 0) is 24.0 Å². The van der Waals surface area contributed by atoms with E-state index in [0.717, 1.165) is 12.8 Å². The first kappa shape index (κ1) is 28.1. The monoisotopic (exact) mass is 421 g/mol. The van der Waals surface area contributed by atoms with Crippen LogP contribution in [0.3, 0.4) is 0 Å². The molecule has 0 aromatic rings. The molecule has 0 aliphatic heterocycles. The van der Waals surface area contributed by atoms with Gasteiger partial charge in [-0.25, -0.2) is 0 Å². The summed E-state index contributed by atoms with van der Waals surface area (Å²) in [5.41, 5.74) is 0. The van der Waals surface area contributed by atoms with Crippen LogP contribution in [-0.4, -0.2) is 72.2 Å². The first-order valence-corrected chi connectivity index (χ1v) is 9.61. The van der Waals surface area contributed by atoms with Gasteiger partial charge in [0.15, 0.2) is 0 Å². The zero-order valence-corrected chi connectivity index (χ0v) is 17.0. The molecule has 0 radical (unpaired) electrons. The van der Waals surface area contributed by atoms with Crippen LogP contribution in [0.2, 0.25) is 0 Å². The number of amides is 2. The summed E-state index contributed by atoms with van der Waals surface area (Å²) in [6.07, 6.45) is 2.72. The molecule has 2 amide bonds. The third-order valence-corrected chi connectivity index (χ3v) is 3.58. The summed E-state index contributed by atoms with van der Waals surface area (Å²) in [7, 11) is 1.73. The maximum Gasteiger partial charge on any atom is 0.303 e. The van der Waals surface area contributed by atoms with Crippen molar-refractivity contribution in [1.29, 1.82) is 0 Å². The molecule has 162 valence electrons. The largest absolute Gasteiger partial charge is 0.481 e. The lowest BCUT2D eigenvalue weighted by molar-refractivity contribution is -0.139. The molecule has 0 heterocycles. The summed E-state index contributed by atoms with van der Waals surface area (Å²) in [6, 6.07) is -0.243. The third-order valence-electron chi connectivity index (χ3n) is 3.36. The molecule has 0 fully saturated rings. The van der Waals surface area contributed by atoms with Gasteiger partial charge >= 0.3 is 11.9 Å². The first-order chi connectivity index (χ1) is 13.3. The predicted molar refractivity (Wildman–Crippen MR) is 106 cm³/mol. The van der Waals surface area contributed by atoms with Crippen LogP contribution < -0.4 is 16.0 Å². The van der Waals surface area contributed by atoms with Crippen molar-refractivity contribution in [3.8, 4) is 0 Å². The van der Waals surface area contributed by atoms with Crippen LogP contribution in [0.15, 0.2) is 0 Å². The van der Waals surface area contributed by atoms with E-state index in [0.29, 0.717) is 31.5 Å². The van der Waals surface area contributed by atoms with Crippen molar-refractivity contribution in [3.63, 3.8) is 0 Å². The number of carboxylic acid groups (broad SMARTS) is 2. The predicted octanol–water partition coefficient (Wildman–Crippen LogP) is -0.178. The Bertz CT molecular complexity index is 489. The van der Waals surface area contributed by atoms with Gasteiger partial charge in [-0.3, -0.25) is 19.2 Å². The van der Waals surface area contributed by atoms with Gasteiger partial charge in [0.05, 0.1) is 18.9 Å². The van der Waals surface area contributed by atoms with Crippen LogP contribution in [0.1, 0.15) is 44.9 Å². The standard InChI is InChI=1S/C13H25N3O4S.C4H6O3/c1-14-10(13(20)16-8-9-21)4-2-3-7-15-11(17)5-6-12(18)19;5-3-1-2-4(6)7/h10,14,21H,2-9H2,1H3,(H,15,17)(H,16,20)(H,18,19);3H,1-2H2,(H,6,7). The number of thiol groups is 1. The molecule has 5 N–H and O–H groups in total. The molecule has 0 saturated carbocycles. The fraction of sp³-hybridized carbons (Fsp3) is 0.706. The van der Waals surface area contributed by atoms with Gasteiger partial charge in [0.1, 0.15) is 6.29 Å². The molecule has 0 aliphatic rings. The van der Waals surface area contributed by atoms with Crippen LogP contribution in [0.25, 0.3) is 0 Å². The Morgan fingerprint density at radius 1 is 0.964 bits per heavy atom. The van der Waals surface area contributed by atoms with Crippen molar-refractivity contribution < 1.29 is 34.2 Å². The SMILES string of the molecule is CNC(CCCCNC(=O)CCC(=O)O)C(=O)NCCS.O=CCCC(=O)O. The Hall–Kier alpha value is -2.14. The van der Waals surface area contributed by atoms with E-state index in [9.17, 15) is 24.0 Å². The highest BCUT2D eigenvalue weighted by atomic mass is 32.1.